The molecule has 0 radical (unpaired) electrons. The zero-order chi connectivity index (χ0) is 16.1. The number of carbonyl (C=O) groups excluding carboxylic acids is 1. The van der Waals surface area contributed by atoms with Crippen LogP contribution in [0.2, 0.25) is 0 Å². The third kappa shape index (κ3) is 3.72. The Morgan fingerprint density at radius 2 is 2.09 bits per heavy atom. The monoisotopic (exact) mass is 310 g/mol. The molecule has 0 spiro atoms. The summed E-state index contributed by atoms with van der Waals surface area (Å²) in [7, 11) is 1.60. The van der Waals surface area contributed by atoms with Crippen LogP contribution in [0.25, 0.3) is 0 Å². The molecule has 118 valence electrons. The Kier molecular flexibility index (Phi) is 4.62. The number of furan rings is 1. The number of carbonyl (C=O) groups is 1. The van der Waals surface area contributed by atoms with Crippen molar-refractivity contribution in [2.45, 2.75) is 18.9 Å². The second kappa shape index (κ2) is 7.01. The molecule has 0 saturated carbocycles. The molecule has 0 bridgehead atoms. The Labute approximate surface area is 135 Å². The summed E-state index contributed by atoms with van der Waals surface area (Å²) < 4.78 is 16.1. The smallest absolute Gasteiger partial charge is 0.331 e. The molecule has 1 aromatic heterocycles. The summed E-state index contributed by atoms with van der Waals surface area (Å²) in [6, 6.07) is 13.4. The molecule has 0 fully saturated rings. The largest absolute Gasteiger partial charge is 0.497 e. The van der Waals surface area contributed by atoms with Gasteiger partial charge in [0.1, 0.15) is 18.1 Å². The number of rotatable bonds is 5. The van der Waals surface area contributed by atoms with Gasteiger partial charge < -0.3 is 13.9 Å². The second-order valence-electron chi connectivity index (χ2n) is 5.32. The molecule has 3 rings (SSSR count). The van der Waals surface area contributed by atoms with E-state index in [1.165, 1.54) is 6.08 Å². The van der Waals surface area contributed by atoms with Gasteiger partial charge in [-0.05, 0) is 30.2 Å². The van der Waals surface area contributed by atoms with Crippen molar-refractivity contribution in [3.8, 4) is 0 Å². The molecule has 0 aliphatic heterocycles. The minimum absolute atomic E-state index is 0.0909. The molecule has 1 atom stereocenters. The van der Waals surface area contributed by atoms with Crippen molar-refractivity contribution in [2.75, 3.05) is 7.11 Å². The SMILES string of the molecule is COC1=CC(c2ccco2)C/C1=C\C(=O)OCc1ccccc1. The van der Waals surface area contributed by atoms with Crippen molar-refractivity contribution < 1.29 is 18.7 Å². The fourth-order valence-corrected chi connectivity index (χ4v) is 2.61. The Bertz CT molecular complexity index is 711. The van der Waals surface area contributed by atoms with Crippen LogP contribution in [-0.2, 0) is 20.9 Å². The molecule has 0 amide bonds. The first-order valence-corrected chi connectivity index (χ1v) is 7.47. The molecule has 1 aliphatic rings. The number of allylic oxidation sites excluding steroid dienone is 2. The van der Waals surface area contributed by atoms with E-state index in [2.05, 4.69) is 0 Å². The molecule has 2 aromatic rings. The van der Waals surface area contributed by atoms with Gasteiger partial charge in [0.05, 0.1) is 13.4 Å². The minimum Gasteiger partial charge on any atom is -0.497 e. The summed E-state index contributed by atoms with van der Waals surface area (Å²) in [6.07, 6.45) is 5.78. The Balaban J connectivity index is 1.64. The Morgan fingerprint density at radius 3 is 2.78 bits per heavy atom. The topological polar surface area (TPSA) is 48.7 Å². The maximum atomic E-state index is 12.0. The maximum Gasteiger partial charge on any atom is 0.331 e. The summed E-state index contributed by atoms with van der Waals surface area (Å²) in [5, 5.41) is 0. The number of esters is 1. The predicted octanol–water partition coefficient (Wildman–Crippen LogP) is 3.97. The van der Waals surface area contributed by atoms with E-state index in [1.807, 2.05) is 48.5 Å². The number of hydrogen-bond acceptors (Lipinski definition) is 4. The quantitative estimate of drug-likeness (QED) is 0.619. The van der Waals surface area contributed by atoms with E-state index in [9.17, 15) is 4.79 Å². The average Bonchev–Trinajstić information content (AvgIpc) is 3.23. The molecule has 0 saturated heterocycles. The van der Waals surface area contributed by atoms with Crippen molar-refractivity contribution in [1.82, 2.24) is 0 Å². The van der Waals surface area contributed by atoms with Crippen LogP contribution in [0.3, 0.4) is 0 Å². The standard InChI is InChI=1S/C19H18O4/c1-21-18-11-15(17-8-5-9-22-17)10-16(18)12-19(20)23-13-14-6-3-2-4-7-14/h2-9,11-12,15H,10,13H2,1H3/b16-12+. The fourth-order valence-electron chi connectivity index (χ4n) is 2.61. The molecular weight excluding hydrogens is 292 g/mol. The van der Waals surface area contributed by atoms with Crippen molar-refractivity contribution >= 4 is 5.97 Å². The predicted molar refractivity (Wildman–Crippen MR) is 85.5 cm³/mol. The van der Waals surface area contributed by atoms with Crippen molar-refractivity contribution in [2.24, 2.45) is 0 Å². The number of benzene rings is 1. The zero-order valence-electron chi connectivity index (χ0n) is 12.9. The molecule has 4 heteroatoms. The summed E-state index contributed by atoms with van der Waals surface area (Å²) in [4.78, 5) is 12.0. The van der Waals surface area contributed by atoms with Crippen LogP contribution in [0.1, 0.15) is 23.7 Å². The van der Waals surface area contributed by atoms with E-state index in [-0.39, 0.29) is 18.5 Å². The lowest BCUT2D eigenvalue weighted by Crippen LogP contribution is -2.03. The van der Waals surface area contributed by atoms with Gasteiger partial charge in [0.2, 0.25) is 0 Å². The highest BCUT2D eigenvalue weighted by molar-refractivity contribution is 5.84. The van der Waals surface area contributed by atoms with Gasteiger partial charge in [-0.15, -0.1) is 0 Å². The molecule has 1 aromatic carbocycles. The van der Waals surface area contributed by atoms with Gasteiger partial charge in [0.15, 0.2) is 0 Å². The molecule has 1 aliphatic carbocycles. The van der Waals surface area contributed by atoms with Gasteiger partial charge in [0, 0.05) is 17.6 Å². The maximum absolute atomic E-state index is 12.0. The van der Waals surface area contributed by atoms with Crippen LogP contribution in [0, 0.1) is 0 Å². The second-order valence-corrected chi connectivity index (χ2v) is 5.32. The van der Waals surface area contributed by atoms with Crippen LogP contribution in [0.5, 0.6) is 0 Å². The lowest BCUT2D eigenvalue weighted by molar-refractivity contribution is -0.139. The van der Waals surface area contributed by atoms with Crippen LogP contribution in [-0.4, -0.2) is 13.1 Å². The lowest BCUT2D eigenvalue weighted by atomic mass is 10.0. The van der Waals surface area contributed by atoms with Crippen molar-refractivity contribution in [1.29, 1.82) is 0 Å². The number of methoxy groups -OCH3 is 1. The van der Waals surface area contributed by atoms with Gasteiger partial charge in [-0.1, -0.05) is 30.3 Å². The summed E-state index contributed by atoms with van der Waals surface area (Å²) in [5.74, 6) is 1.28. The lowest BCUT2D eigenvalue weighted by Gasteiger charge is -2.06. The van der Waals surface area contributed by atoms with Crippen LogP contribution >= 0.6 is 0 Å². The summed E-state index contributed by atoms with van der Waals surface area (Å²) in [5.41, 5.74) is 1.79. The van der Waals surface area contributed by atoms with Gasteiger partial charge in [-0.25, -0.2) is 4.79 Å². The highest BCUT2D eigenvalue weighted by Crippen LogP contribution is 2.37. The van der Waals surface area contributed by atoms with E-state index in [1.54, 1.807) is 13.4 Å². The van der Waals surface area contributed by atoms with Gasteiger partial charge in [-0.3, -0.25) is 0 Å². The first-order chi connectivity index (χ1) is 11.3. The molecule has 1 heterocycles. The normalized spacial score (nSPS) is 18.7. The van der Waals surface area contributed by atoms with Crippen molar-refractivity contribution in [3.05, 3.63) is 83.5 Å². The van der Waals surface area contributed by atoms with Crippen molar-refractivity contribution in [3.63, 3.8) is 0 Å². The van der Waals surface area contributed by atoms with Crippen LogP contribution in [0.15, 0.2) is 76.6 Å². The average molecular weight is 310 g/mol. The number of ether oxygens (including phenoxy) is 2. The van der Waals surface area contributed by atoms with E-state index < -0.39 is 0 Å². The van der Waals surface area contributed by atoms with E-state index >= 15 is 0 Å². The molecule has 1 unspecified atom stereocenters. The van der Waals surface area contributed by atoms with Gasteiger partial charge in [0.25, 0.3) is 0 Å². The number of hydrogen-bond donors (Lipinski definition) is 0. The molecule has 0 N–H and O–H groups in total. The molecular formula is C19H18O4. The van der Waals surface area contributed by atoms with Gasteiger partial charge >= 0.3 is 5.97 Å². The van der Waals surface area contributed by atoms with E-state index in [4.69, 9.17) is 13.9 Å². The van der Waals surface area contributed by atoms with E-state index in [0.717, 1.165) is 16.9 Å². The molecule has 23 heavy (non-hydrogen) atoms. The Morgan fingerprint density at radius 1 is 1.26 bits per heavy atom. The molecule has 4 nitrogen and oxygen atoms in total. The fraction of sp³-hybridized carbons (Fsp3) is 0.211. The van der Waals surface area contributed by atoms with Gasteiger partial charge in [-0.2, -0.15) is 0 Å². The summed E-state index contributed by atoms with van der Waals surface area (Å²) >= 11 is 0. The summed E-state index contributed by atoms with van der Waals surface area (Å²) in [6.45, 7) is 0.261. The first kappa shape index (κ1) is 15.2. The first-order valence-electron chi connectivity index (χ1n) is 7.47. The third-order valence-electron chi connectivity index (χ3n) is 3.75. The van der Waals surface area contributed by atoms with E-state index in [0.29, 0.717) is 12.2 Å². The Hall–Kier alpha value is -2.75. The highest BCUT2D eigenvalue weighted by Gasteiger charge is 2.25. The highest BCUT2D eigenvalue weighted by atomic mass is 16.5. The minimum atomic E-state index is -0.369. The zero-order valence-corrected chi connectivity index (χ0v) is 12.9. The van der Waals surface area contributed by atoms with Crippen LogP contribution in [0.4, 0.5) is 0 Å². The van der Waals surface area contributed by atoms with Crippen LogP contribution < -0.4 is 0 Å². The third-order valence-corrected chi connectivity index (χ3v) is 3.75.